The van der Waals surface area contributed by atoms with Crippen LogP contribution in [0.1, 0.15) is 0 Å². The molecule has 0 spiro atoms. The van der Waals surface area contributed by atoms with Crippen molar-refractivity contribution in [3.05, 3.63) is 0 Å². The van der Waals surface area contributed by atoms with Gasteiger partial charge in [-0.3, -0.25) is 0 Å². The van der Waals surface area contributed by atoms with Crippen molar-refractivity contribution < 1.29 is 4.79 Å². The van der Waals surface area contributed by atoms with Crippen LogP contribution in [0.15, 0.2) is 0 Å². The van der Waals surface area contributed by atoms with E-state index in [4.69, 9.17) is 5.73 Å². The molecule has 0 aromatic carbocycles. The van der Waals surface area contributed by atoms with Crippen molar-refractivity contribution in [1.29, 1.82) is 0 Å². The third-order valence-corrected chi connectivity index (χ3v) is 1.13. The zero-order valence-electron chi connectivity index (χ0n) is 4.72. The summed E-state index contributed by atoms with van der Waals surface area (Å²) in [5.41, 5.74) is 5.34. The van der Waals surface area contributed by atoms with Crippen LogP contribution in [0.2, 0.25) is 0 Å². The number of carbonyl (C=O) groups is 1. The van der Waals surface area contributed by atoms with Crippen molar-refractivity contribution in [1.82, 2.24) is 10.2 Å². The number of nitrogens with zero attached hydrogens (tertiary/aromatic N) is 1. The molecular formula is C4H9N3O. The van der Waals surface area contributed by atoms with Gasteiger partial charge in [-0.2, -0.15) is 0 Å². The zero-order chi connectivity index (χ0) is 6.15. The molecule has 1 saturated heterocycles. The Morgan fingerprint density at radius 2 is 2.62 bits per heavy atom. The Bertz CT molecular complexity index is 114. The molecule has 1 aliphatic rings. The van der Waals surface area contributed by atoms with E-state index in [1.807, 2.05) is 0 Å². The summed E-state index contributed by atoms with van der Waals surface area (Å²) in [6.45, 7) is 0.610. The Balaban J connectivity index is 2.51. The second-order valence-electron chi connectivity index (χ2n) is 1.94. The molecule has 0 radical (unpaired) electrons. The van der Waals surface area contributed by atoms with Crippen LogP contribution in [-0.2, 0) is 0 Å². The Morgan fingerprint density at radius 1 is 2.00 bits per heavy atom. The Kier molecular flexibility index (Phi) is 1.09. The molecule has 0 bridgehead atoms. The highest BCUT2D eigenvalue weighted by Gasteiger charge is 2.21. The van der Waals surface area contributed by atoms with E-state index < -0.39 is 0 Å². The molecule has 0 aromatic rings. The first-order valence-corrected chi connectivity index (χ1v) is 2.47. The van der Waals surface area contributed by atoms with Crippen molar-refractivity contribution in [3.63, 3.8) is 0 Å². The van der Waals surface area contributed by atoms with Crippen LogP contribution in [0.25, 0.3) is 0 Å². The molecule has 2 amide bonds. The van der Waals surface area contributed by atoms with E-state index in [0.29, 0.717) is 6.54 Å². The summed E-state index contributed by atoms with van der Waals surface area (Å²) in [4.78, 5) is 12.1. The van der Waals surface area contributed by atoms with Crippen LogP contribution < -0.4 is 11.1 Å². The highest BCUT2D eigenvalue weighted by atomic mass is 16.2. The lowest BCUT2D eigenvalue weighted by Crippen LogP contribution is -2.34. The number of nitrogens with two attached hydrogens (primary N) is 1. The quantitative estimate of drug-likeness (QED) is 0.422. The third-order valence-electron chi connectivity index (χ3n) is 1.13. The SMILES string of the molecule is CN1CC(N)NC1=O. The first-order valence-electron chi connectivity index (χ1n) is 2.47. The van der Waals surface area contributed by atoms with Crippen LogP contribution in [0.3, 0.4) is 0 Å². The van der Waals surface area contributed by atoms with E-state index in [1.165, 1.54) is 0 Å². The van der Waals surface area contributed by atoms with Crippen molar-refractivity contribution in [3.8, 4) is 0 Å². The van der Waals surface area contributed by atoms with Crippen LogP contribution in [-0.4, -0.2) is 30.7 Å². The van der Waals surface area contributed by atoms with Gasteiger partial charge in [0.15, 0.2) is 0 Å². The maximum Gasteiger partial charge on any atom is 0.318 e. The van der Waals surface area contributed by atoms with Crippen molar-refractivity contribution in [2.45, 2.75) is 6.17 Å². The van der Waals surface area contributed by atoms with Gasteiger partial charge in [0.05, 0.1) is 12.7 Å². The number of carbonyl (C=O) groups excluding carboxylic acids is 1. The smallest absolute Gasteiger partial charge is 0.318 e. The fourth-order valence-electron chi connectivity index (χ4n) is 0.692. The van der Waals surface area contributed by atoms with Gasteiger partial charge in [0, 0.05) is 7.05 Å². The molecule has 8 heavy (non-hydrogen) atoms. The highest BCUT2D eigenvalue weighted by Crippen LogP contribution is 1.93. The summed E-state index contributed by atoms with van der Waals surface area (Å²) in [7, 11) is 1.71. The number of likely N-dealkylation sites (N-methyl/N-ethyl adjacent to an activating group) is 1. The summed E-state index contributed by atoms with van der Waals surface area (Å²) < 4.78 is 0. The Morgan fingerprint density at radius 3 is 2.75 bits per heavy atom. The number of amides is 2. The van der Waals surface area contributed by atoms with Crippen molar-refractivity contribution >= 4 is 6.03 Å². The monoisotopic (exact) mass is 115 g/mol. The van der Waals surface area contributed by atoms with Gasteiger partial charge in [0.2, 0.25) is 0 Å². The summed E-state index contributed by atoms with van der Waals surface area (Å²) in [6, 6.07) is -0.0856. The van der Waals surface area contributed by atoms with Crippen molar-refractivity contribution in [2.24, 2.45) is 5.73 Å². The number of hydrogen-bond donors (Lipinski definition) is 2. The van der Waals surface area contributed by atoms with E-state index >= 15 is 0 Å². The van der Waals surface area contributed by atoms with E-state index in [-0.39, 0.29) is 12.2 Å². The van der Waals surface area contributed by atoms with E-state index in [0.717, 1.165) is 0 Å². The molecule has 0 aromatic heterocycles. The van der Waals surface area contributed by atoms with E-state index in [1.54, 1.807) is 11.9 Å². The lowest BCUT2D eigenvalue weighted by Gasteiger charge is -2.01. The van der Waals surface area contributed by atoms with Gasteiger partial charge in [0.1, 0.15) is 0 Å². The van der Waals surface area contributed by atoms with E-state index in [2.05, 4.69) is 5.32 Å². The normalized spacial score (nSPS) is 28.5. The molecule has 3 N–H and O–H groups in total. The van der Waals surface area contributed by atoms with Gasteiger partial charge >= 0.3 is 6.03 Å². The largest absolute Gasteiger partial charge is 0.324 e. The molecule has 4 heteroatoms. The number of hydrogen-bond acceptors (Lipinski definition) is 2. The van der Waals surface area contributed by atoms with Crippen LogP contribution in [0.4, 0.5) is 4.79 Å². The van der Waals surface area contributed by atoms with Crippen LogP contribution in [0, 0.1) is 0 Å². The topological polar surface area (TPSA) is 58.4 Å². The Hall–Kier alpha value is -0.770. The molecule has 1 unspecified atom stereocenters. The fourth-order valence-corrected chi connectivity index (χ4v) is 0.692. The summed E-state index contributed by atoms with van der Waals surface area (Å²) in [6.07, 6.45) is -0.174. The highest BCUT2D eigenvalue weighted by molar-refractivity contribution is 5.76. The van der Waals surface area contributed by atoms with Gasteiger partial charge in [-0.25, -0.2) is 4.79 Å². The molecule has 0 saturated carbocycles. The van der Waals surface area contributed by atoms with Gasteiger partial charge in [0.25, 0.3) is 0 Å². The van der Waals surface area contributed by atoms with Crippen LogP contribution >= 0.6 is 0 Å². The second kappa shape index (κ2) is 1.63. The minimum absolute atomic E-state index is 0.0856. The molecule has 46 valence electrons. The predicted octanol–water partition coefficient (Wildman–Crippen LogP) is -1.07. The van der Waals surface area contributed by atoms with Gasteiger partial charge in [-0.1, -0.05) is 0 Å². The summed E-state index contributed by atoms with van der Waals surface area (Å²) in [5.74, 6) is 0. The fraction of sp³-hybridized carbons (Fsp3) is 0.750. The van der Waals surface area contributed by atoms with Gasteiger partial charge < -0.3 is 16.0 Å². The van der Waals surface area contributed by atoms with E-state index in [9.17, 15) is 4.79 Å². The molecular weight excluding hydrogens is 106 g/mol. The number of urea groups is 1. The maximum absolute atomic E-state index is 10.5. The number of rotatable bonds is 0. The van der Waals surface area contributed by atoms with Gasteiger partial charge in [-0.05, 0) is 0 Å². The maximum atomic E-state index is 10.5. The molecule has 0 aliphatic carbocycles. The lowest BCUT2D eigenvalue weighted by molar-refractivity contribution is 0.226. The first-order chi connectivity index (χ1) is 3.70. The van der Waals surface area contributed by atoms with Crippen molar-refractivity contribution in [2.75, 3.05) is 13.6 Å². The molecule has 1 heterocycles. The molecule has 1 atom stereocenters. The second-order valence-corrected chi connectivity index (χ2v) is 1.94. The Labute approximate surface area is 47.6 Å². The average Bonchev–Trinajstić information content (AvgIpc) is 1.85. The zero-order valence-corrected chi connectivity index (χ0v) is 4.72. The average molecular weight is 115 g/mol. The third kappa shape index (κ3) is 0.742. The standard InChI is InChI=1S/C4H9N3O/c1-7-2-3(5)6-4(7)8/h3H,2,5H2,1H3,(H,6,8). The minimum Gasteiger partial charge on any atom is -0.324 e. The summed E-state index contributed by atoms with van der Waals surface area (Å²) >= 11 is 0. The lowest BCUT2D eigenvalue weighted by atomic mass is 10.5. The minimum atomic E-state index is -0.174. The molecule has 1 aliphatic heterocycles. The predicted molar refractivity (Wildman–Crippen MR) is 29.1 cm³/mol. The first kappa shape index (κ1) is 5.37. The number of nitrogens with one attached hydrogen (secondary N) is 1. The summed E-state index contributed by atoms with van der Waals surface area (Å²) in [5, 5.41) is 2.53. The molecule has 1 rings (SSSR count). The molecule has 4 nitrogen and oxygen atoms in total. The molecule has 1 fully saturated rings. The van der Waals surface area contributed by atoms with Crippen LogP contribution in [0.5, 0.6) is 0 Å². The van der Waals surface area contributed by atoms with Gasteiger partial charge in [-0.15, -0.1) is 0 Å².